The molecule has 0 aliphatic heterocycles. The Morgan fingerprint density at radius 2 is 1.89 bits per heavy atom. The minimum absolute atomic E-state index is 0.133. The Morgan fingerprint density at radius 1 is 1.17 bits per heavy atom. The van der Waals surface area contributed by atoms with Crippen molar-refractivity contribution in [2.24, 2.45) is 0 Å². The largest absolute Gasteiger partial charge is 0.478 e. The summed E-state index contributed by atoms with van der Waals surface area (Å²) in [6.45, 7) is 0. The van der Waals surface area contributed by atoms with Crippen molar-refractivity contribution in [1.29, 1.82) is 0 Å². The van der Waals surface area contributed by atoms with Crippen molar-refractivity contribution in [3.8, 4) is 0 Å². The van der Waals surface area contributed by atoms with Gasteiger partial charge in [0.25, 0.3) is 0 Å². The average molecular weight is 282 g/mol. The third-order valence-corrected chi connectivity index (χ3v) is 5.14. The van der Waals surface area contributed by atoms with Crippen LogP contribution in [-0.2, 0) is 15.6 Å². The minimum Gasteiger partial charge on any atom is -0.478 e. The molecule has 1 aromatic heterocycles. The molecule has 18 heavy (non-hydrogen) atoms. The van der Waals surface area contributed by atoms with Gasteiger partial charge in [0.1, 0.15) is 0 Å². The van der Waals surface area contributed by atoms with E-state index in [0.717, 1.165) is 0 Å². The number of thiophene rings is 1. The lowest BCUT2D eigenvalue weighted by Gasteiger charge is -2.06. The molecule has 1 N–H and O–H groups in total. The Bertz CT molecular complexity index is 657. The van der Waals surface area contributed by atoms with Crippen molar-refractivity contribution in [2.45, 2.75) is 10.6 Å². The number of carboxylic acid groups (broad SMARTS) is 1. The molecular formula is C12H10O4S2. The second-order valence-corrected chi connectivity index (χ2v) is 6.63. The summed E-state index contributed by atoms with van der Waals surface area (Å²) >= 11 is 1.33. The first kappa shape index (κ1) is 12.8. The van der Waals surface area contributed by atoms with Gasteiger partial charge in [0.05, 0.1) is 16.2 Å². The predicted octanol–water partition coefficient (Wildman–Crippen LogP) is 2.42. The number of benzene rings is 1. The van der Waals surface area contributed by atoms with Gasteiger partial charge in [0.2, 0.25) is 0 Å². The Hall–Kier alpha value is -1.66. The van der Waals surface area contributed by atoms with E-state index in [4.69, 9.17) is 5.11 Å². The molecule has 0 spiro atoms. The first-order valence-electron chi connectivity index (χ1n) is 5.08. The average Bonchev–Trinajstić information content (AvgIpc) is 2.81. The summed E-state index contributed by atoms with van der Waals surface area (Å²) in [5, 5.41) is 10.8. The molecule has 0 unspecified atom stereocenters. The van der Waals surface area contributed by atoms with Crippen molar-refractivity contribution < 1.29 is 18.3 Å². The normalized spacial score (nSPS) is 11.3. The zero-order valence-corrected chi connectivity index (χ0v) is 10.9. The second kappa shape index (κ2) is 4.91. The second-order valence-electron chi connectivity index (χ2n) is 3.64. The zero-order chi connectivity index (χ0) is 13.2. The van der Waals surface area contributed by atoms with E-state index in [2.05, 4.69) is 0 Å². The van der Waals surface area contributed by atoms with Crippen LogP contribution in [0.2, 0.25) is 0 Å². The molecule has 4 nitrogen and oxygen atoms in total. The van der Waals surface area contributed by atoms with Crippen molar-refractivity contribution in [3.63, 3.8) is 0 Å². The van der Waals surface area contributed by atoms with Gasteiger partial charge in [-0.3, -0.25) is 0 Å². The van der Waals surface area contributed by atoms with E-state index in [1.165, 1.54) is 35.6 Å². The molecule has 0 saturated carbocycles. The molecule has 0 radical (unpaired) electrons. The monoisotopic (exact) mass is 282 g/mol. The molecule has 2 aromatic rings. The van der Waals surface area contributed by atoms with Crippen molar-refractivity contribution in [2.75, 3.05) is 0 Å². The standard InChI is InChI=1S/C12H10O4S2/c13-12(14)10-5-1-2-6-11(10)18(15,16)8-9-4-3-7-17-9/h1-7H,8H2,(H,13,14). The van der Waals surface area contributed by atoms with E-state index < -0.39 is 15.8 Å². The molecule has 6 heteroatoms. The maximum Gasteiger partial charge on any atom is 0.337 e. The van der Waals surface area contributed by atoms with Gasteiger partial charge in [-0.05, 0) is 23.6 Å². The molecule has 2 rings (SSSR count). The van der Waals surface area contributed by atoms with E-state index in [0.29, 0.717) is 4.88 Å². The molecule has 1 heterocycles. The third-order valence-electron chi connectivity index (χ3n) is 2.36. The molecule has 0 saturated heterocycles. The Labute approximate surface area is 108 Å². The molecule has 94 valence electrons. The van der Waals surface area contributed by atoms with Gasteiger partial charge >= 0.3 is 5.97 Å². The van der Waals surface area contributed by atoms with Crippen molar-refractivity contribution >= 4 is 27.1 Å². The van der Waals surface area contributed by atoms with Gasteiger partial charge in [-0.1, -0.05) is 18.2 Å². The number of aromatic carboxylic acids is 1. The predicted molar refractivity (Wildman–Crippen MR) is 68.6 cm³/mol. The third kappa shape index (κ3) is 2.60. The number of hydrogen-bond acceptors (Lipinski definition) is 4. The highest BCUT2D eigenvalue weighted by Crippen LogP contribution is 2.22. The fraction of sp³-hybridized carbons (Fsp3) is 0.0833. The Kier molecular flexibility index (Phi) is 3.49. The van der Waals surface area contributed by atoms with Crippen LogP contribution in [0.4, 0.5) is 0 Å². The van der Waals surface area contributed by atoms with Crippen LogP contribution in [0.25, 0.3) is 0 Å². The van der Waals surface area contributed by atoms with Crippen molar-refractivity contribution in [1.82, 2.24) is 0 Å². The molecule has 0 fully saturated rings. The molecule has 0 aliphatic rings. The molecular weight excluding hydrogens is 272 g/mol. The fourth-order valence-corrected chi connectivity index (χ4v) is 4.20. The van der Waals surface area contributed by atoms with E-state index in [9.17, 15) is 13.2 Å². The van der Waals surface area contributed by atoms with Crippen molar-refractivity contribution in [3.05, 3.63) is 52.2 Å². The van der Waals surface area contributed by atoms with Crippen LogP contribution in [0.1, 0.15) is 15.2 Å². The summed E-state index contributed by atoms with van der Waals surface area (Å²) in [5.41, 5.74) is -0.186. The first-order chi connectivity index (χ1) is 8.50. The quantitative estimate of drug-likeness (QED) is 0.934. The van der Waals surface area contributed by atoms with Gasteiger partial charge < -0.3 is 5.11 Å². The zero-order valence-electron chi connectivity index (χ0n) is 9.24. The number of carbonyl (C=O) groups is 1. The molecule has 0 amide bonds. The lowest BCUT2D eigenvalue weighted by atomic mass is 10.2. The molecule has 0 aliphatic carbocycles. The maximum absolute atomic E-state index is 12.2. The lowest BCUT2D eigenvalue weighted by molar-refractivity contribution is 0.0692. The molecule has 1 aromatic carbocycles. The summed E-state index contributed by atoms with van der Waals surface area (Å²) in [4.78, 5) is 11.6. The number of hydrogen-bond donors (Lipinski definition) is 1. The smallest absolute Gasteiger partial charge is 0.337 e. The van der Waals surface area contributed by atoms with Gasteiger partial charge in [-0.15, -0.1) is 11.3 Å². The topological polar surface area (TPSA) is 71.4 Å². The van der Waals surface area contributed by atoms with E-state index in [-0.39, 0.29) is 16.2 Å². The van der Waals surface area contributed by atoms with Crippen LogP contribution in [0, 0.1) is 0 Å². The number of sulfone groups is 1. The van der Waals surface area contributed by atoms with Gasteiger partial charge in [0.15, 0.2) is 9.84 Å². The van der Waals surface area contributed by atoms with Crippen LogP contribution < -0.4 is 0 Å². The fourth-order valence-electron chi connectivity index (χ4n) is 1.57. The summed E-state index contributed by atoms with van der Waals surface area (Å²) in [5.74, 6) is -1.41. The Morgan fingerprint density at radius 3 is 2.50 bits per heavy atom. The van der Waals surface area contributed by atoms with E-state index in [1.807, 2.05) is 0 Å². The van der Waals surface area contributed by atoms with E-state index in [1.54, 1.807) is 17.5 Å². The van der Waals surface area contributed by atoms with Gasteiger partial charge in [-0.25, -0.2) is 13.2 Å². The summed E-state index contributed by atoms with van der Waals surface area (Å²) in [7, 11) is -3.63. The van der Waals surface area contributed by atoms with Crippen LogP contribution in [0.5, 0.6) is 0 Å². The number of rotatable bonds is 4. The highest BCUT2D eigenvalue weighted by atomic mass is 32.2. The molecule has 0 atom stereocenters. The summed E-state index contributed by atoms with van der Waals surface area (Å²) < 4.78 is 24.3. The highest BCUT2D eigenvalue weighted by Gasteiger charge is 2.22. The first-order valence-corrected chi connectivity index (χ1v) is 7.61. The Balaban J connectivity index is 2.45. The molecule has 0 bridgehead atoms. The summed E-state index contributed by atoms with van der Waals surface area (Å²) in [6, 6.07) is 9.13. The van der Waals surface area contributed by atoms with Gasteiger partial charge in [-0.2, -0.15) is 0 Å². The van der Waals surface area contributed by atoms with Crippen LogP contribution in [0.3, 0.4) is 0 Å². The van der Waals surface area contributed by atoms with Crippen LogP contribution >= 0.6 is 11.3 Å². The SMILES string of the molecule is O=C(O)c1ccccc1S(=O)(=O)Cc1cccs1. The van der Waals surface area contributed by atoms with Gasteiger partial charge in [0, 0.05) is 4.88 Å². The number of carboxylic acids is 1. The lowest BCUT2D eigenvalue weighted by Crippen LogP contribution is -2.10. The highest BCUT2D eigenvalue weighted by molar-refractivity contribution is 7.90. The minimum atomic E-state index is -3.63. The van der Waals surface area contributed by atoms with E-state index >= 15 is 0 Å². The summed E-state index contributed by atoms with van der Waals surface area (Å²) in [6.07, 6.45) is 0. The van der Waals surface area contributed by atoms with Crippen LogP contribution in [0.15, 0.2) is 46.7 Å². The van der Waals surface area contributed by atoms with Crippen LogP contribution in [-0.4, -0.2) is 19.5 Å². The maximum atomic E-state index is 12.2.